The maximum absolute atomic E-state index is 13.3. The quantitative estimate of drug-likeness (QED) is 0.758. The third-order valence-corrected chi connectivity index (χ3v) is 6.98. The Bertz CT molecular complexity index is 976. The average Bonchev–Trinajstić information content (AvgIpc) is 3.06. The first-order chi connectivity index (χ1) is 13.4. The molecule has 8 heteroatoms. The van der Waals surface area contributed by atoms with Gasteiger partial charge < -0.3 is 14.4 Å². The van der Waals surface area contributed by atoms with Gasteiger partial charge in [0.2, 0.25) is 6.10 Å². The molecule has 1 fully saturated rings. The molecular weight excluding hydrogens is 402 g/mol. The number of hydrogen-bond acceptors (Lipinski definition) is 5. The van der Waals surface area contributed by atoms with Gasteiger partial charge in [0.25, 0.3) is 5.91 Å². The van der Waals surface area contributed by atoms with Gasteiger partial charge in [-0.05, 0) is 36.2 Å². The summed E-state index contributed by atoms with van der Waals surface area (Å²) in [5.41, 5.74) is 0.874. The van der Waals surface area contributed by atoms with E-state index in [1.165, 1.54) is 0 Å². The highest BCUT2D eigenvalue weighted by atomic mass is 35.5. The minimum Gasteiger partial charge on any atom is -0.485 e. The van der Waals surface area contributed by atoms with E-state index in [0.717, 1.165) is 5.56 Å². The summed E-state index contributed by atoms with van der Waals surface area (Å²) in [5, 5.41) is 0.602. The Morgan fingerprint density at radius 3 is 2.50 bits per heavy atom. The molecule has 1 amide bonds. The van der Waals surface area contributed by atoms with E-state index in [9.17, 15) is 13.2 Å². The highest BCUT2D eigenvalue weighted by molar-refractivity contribution is 7.91. The van der Waals surface area contributed by atoms with Crippen LogP contribution in [0.5, 0.6) is 11.5 Å². The van der Waals surface area contributed by atoms with Crippen LogP contribution < -0.4 is 9.47 Å². The smallest absolute Gasteiger partial charge is 0.267 e. The number of rotatable bonds is 4. The molecule has 28 heavy (non-hydrogen) atoms. The molecule has 0 aliphatic carbocycles. The van der Waals surface area contributed by atoms with Crippen LogP contribution in [0.15, 0.2) is 48.5 Å². The molecule has 2 aliphatic rings. The van der Waals surface area contributed by atoms with Gasteiger partial charge >= 0.3 is 0 Å². The predicted octanol–water partition coefficient (Wildman–Crippen LogP) is 2.70. The Balaban J connectivity index is 1.57. The van der Waals surface area contributed by atoms with E-state index in [1.54, 1.807) is 29.2 Å². The highest BCUT2D eigenvalue weighted by Gasteiger charge is 2.39. The van der Waals surface area contributed by atoms with Crippen LogP contribution in [0.25, 0.3) is 0 Å². The molecule has 6 nitrogen and oxygen atoms in total. The van der Waals surface area contributed by atoms with E-state index in [0.29, 0.717) is 22.9 Å². The van der Waals surface area contributed by atoms with Gasteiger partial charge in [-0.25, -0.2) is 8.42 Å². The van der Waals surface area contributed by atoms with Gasteiger partial charge in [-0.3, -0.25) is 4.79 Å². The first-order valence-corrected chi connectivity index (χ1v) is 11.2. The van der Waals surface area contributed by atoms with Gasteiger partial charge in [-0.1, -0.05) is 35.9 Å². The molecule has 0 saturated carbocycles. The second kappa shape index (κ2) is 7.64. The van der Waals surface area contributed by atoms with Gasteiger partial charge in [0.15, 0.2) is 21.3 Å². The first-order valence-electron chi connectivity index (χ1n) is 9.05. The van der Waals surface area contributed by atoms with Gasteiger partial charge in [-0.15, -0.1) is 0 Å². The summed E-state index contributed by atoms with van der Waals surface area (Å²) in [4.78, 5) is 14.9. The molecule has 2 aliphatic heterocycles. The maximum atomic E-state index is 13.3. The number of para-hydroxylation sites is 2. The number of ether oxygens (including phenoxy) is 2. The predicted molar refractivity (Wildman–Crippen MR) is 105 cm³/mol. The van der Waals surface area contributed by atoms with Gasteiger partial charge in [0.1, 0.15) is 6.61 Å². The zero-order valence-electron chi connectivity index (χ0n) is 15.1. The lowest BCUT2D eigenvalue weighted by Crippen LogP contribution is -2.50. The number of fused-ring (bicyclic) bond motifs is 1. The number of benzene rings is 2. The summed E-state index contributed by atoms with van der Waals surface area (Å²) in [7, 11) is -3.14. The van der Waals surface area contributed by atoms with Gasteiger partial charge in [-0.2, -0.15) is 0 Å². The second-order valence-corrected chi connectivity index (χ2v) is 9.68. The fourth-order valence-electron chi connectivity index (χ4n) is 3.52. The van der Waals surface area contributed by atoms with Crippen molar-refractivity contribution in [2.45, 2.75) is 25.1 Å². The molecule has 2 aromatic carbocycles. The number of halogens is 1. The minimum atomic E-state index is -3.14. The van der Waals surface area contributed by atoms with Crippen LogP contribution in [0, 0.1) is 0 Å². The first kappa shape index (κ1) is 19.1. The Hall–Kier alpha value is -2.25. The van der Waals surface area contributed by atoms with Crippen molar-refractivity contribution in [2.75, 3.05) is 18.1 Å². The van der Waals surface area contributed by atoms with E-state index in [1.807, 2.05) is 24.3 Å². The van der Waals surface area contributed by atoms with Crippen LogP contribution >= 0.6 is 11.6 Å². The number of carbonyl (C=O) groups is 1. The van der Waals surface area contributed by atoms with Gasteiger partial charge in [0, 0.05) is 17.6 Å². The molecule has 2 heterocycles. The Morgan fingerprint density at radius 1 is 1.11 bits per heavy atom. The van der Waals surface area contributed by atoms with Crippen LogP contribution in [0.1, 0.15) is 12.0 Å². The highest BCUT2D eigenvalue weighted by Crippen LogP contribution is 2.32. The molecule has 0 N–H and O–H groups in total. The number of amides is 1. The molecule has 0 radical (unpaired) electrons. The number of nitrogens with zero attached hydrogens (tertiary/aromatic N) is 1. The number of carbonyl (C=O) groups excluding carboxylic acids is 1. The van der Waals surface area contributed by atoms with Crippen molar-refractivity contribution in [3.63, 3.8) is 0 Å². The van der Waals surface area contributed by atoms with Crippen molar-refractivity contribution in [2.24, 2.45) is 0 Å². The summed E-state index contributed by atoms with van der Waals surface area (Å²) in [6.07, 6.45) is -0.392. The summed E-state index contributed by atoms with van der Waals surface area (Å²) in [6.45, 7) is 0.379. The Labute approximate surface area is 168 Å². The maximum Gasteiger partial charge on any atom is 0.267 e. The summed E-state index contributed by atoms with van der Waals surface area (Å²) < 4.78 is 35.5. The zero-order chi connectivity index (χ0) is 19.7. The van der Waals surface area contributed by atoms with Crippen LogP contribution in [-0.2, 0) is 21.2 Å². The number of hydrogen-bond donors (Lipinski definition) is 0. The van der Waals surface area contributed by atoms with Crippen molar-refractivity contribution < 1.29 is 22.7 Å². The lowest BCUT2D eigenvalue weighted by Gasteiger charge is -2.34. The molecule has 1 saturated heterocycles. The SMILES string of the molecule is O=C(C1COc2ccccc2O1)N(Cc1ccc(Cl)cc1)C1CCS(=O)(=O)C1. The molecule has 0 spiro atoms. The number of sulfone groups is 1. The van der Waals surface area contributed by atoms with E-state index in [2.05, 4.69) is 0 Å². The lowest BCUT2D eigenvalue weighted by atomic mass is 10.1. The zero-order valence-corrected chi connectivity index (χ0v) is 16.7. The molecule has 4 rings (SSSR count). The monoisotopic (exact) mass is 421 g/mol. The molecule has 2 aromatic rings. The van der Waals surface area contributed by atoms with E-state index < -0.39 is 15.9 Å². The van der Waals surface area contributed by atoms with Crippen molar-refractivity contribution in [1.82, 2.24) is 4.90 Å². The Morgan fingerprint density at radius 2 is 1.82 bits per heavy atom. The molecule has 0 bridgehead atoms. The van der Waals surface area contributed by atoms with Crippen molar-refractivity contribution >= 4 is 27.3 Å². The van der Waals surface area contributed by atoms with E-state index in [-0.39, 0.29) is 36.6 Å². The summed E-state index contributed by atoms with van der Waals surface area (Å²) in [6, 6.07) is 14.0. The van der Waals surface area contributed by atoms with Crippen LogP contribution in [0.2, 0.25) is 5.02 Å². The van der Waals surface area contributed by atoms with E-state index in [4.69, 9.17) is 21.1 Å². The standard InChI is InChI=1S/C20H20ClNO5S/c21-15-7-5-14(6-8-15)11-22(16-9-10-28(24,25)13-16)20(23)19-12-26-17-3-1-2-4-18(17)27-19/h1-8,16,19H,9-13H2. The van der Waals surface area contributed by atoms with Crippen LogP contribution in [-0.4, -0.2) is 49.5 Å². The average molecular weight is 422 g/mol. The largest absolute Gasteiger partial charge is 0.485 e. The summed E-state index contributed by atoms with van der Waals surface area (Å²) >= 11 is 5.95. The lowest BCUT2D eigenvalue weighted by molar-refractivity contribution is -0.143. The molecule has 148 valence electrons. The third kappa shape index (κ3) is 4.10. The topological polar surface area (TPSA) is 72.9 Å². The van der Waals surface area contributed by atoms with Crippen molar-refractivity contribution in [3.05, 3.63) is 59.1 Å². The van der Waals surface area contributed by atoms with E-state index >= 15 is 0 Å². The molecule has 2 atom stereocenters. The van der Waals surface area contributed by atoms with Crippen molar-refractivity contribution in [1.29, 1.82) is 0 Å². The summed E-state index contributed by atoms with van der Waals surface area (Å²) in [5.74, 6) is 0.895. The third-order valence-electron chi connectivity index (χ3n) is 4.98. The molecule has 0 aromatic heterocycles. The van der Waals surface area contributed by atoms with Crippen LogP contribution in [0.3, 0.4) is 0 Å². The normalized spacial score (nSPS) is 22.6. The minimum absolute atomic E-state index is 0.0313. The Kier molecular flexibility index (Phi) is 5.21. The fraction of sp³-hybridized carbons (Fsp3) is 0.350. The van der Waals surface area contributed by atoms with Crippen LogP contribution in [0.4, 0.5) is 0 Å². The fourth-order valence-corrected chi connectivity index (χ4v) is 5.38. The second-order valence-electron chi connectivity index (χ2n) is 7.01. The van der Waals surface area contributed by atoms with Crippen molar-refractivity contribution in [3.8, 4) is 11.5 Å². The molecular formula is C20H20ClNO5S. The van der Waals surface area contributed by atoms with Gasteiger partial charge in [0.05, 0.1) is 11.5 Å². The molecule has 2 unspecified atom stereocenters.